The van der Waals surface area contributed by atoms with E-state index in [1.165, 1.54) is 0 Å². The highest BCUT2D eigenvalue weighted by atomic mass is 32.2. The minimum atomic E-state index is -5.31. The highest BCUT2D eigenvalue weighted by Crippen LogP contribution is 2.26. The van der Waals surface area contributed by atoms with Crippen LogP contribution in [0.4, 0.5) is 8.78 Å². The summed E-state index contributed by atoms with van der Waals surface area (Å²) in [5.74, 6) is -3.63. The Kier molecular flexibility index (Phi) is 4.93. The van der Waals surface area contributed by atoms with Gasteiger partial charge in [0.1, 0.15) is 21.8 Å². The number of esters is 1. The molecule has 0 heterocycles. The first-order valence-electron chi connectivity index (χ1n) is 5.04. The maximum absolute atomic E-state index is 13.5. The largest absolute Gasteiger partial charge is 0.746 e. The van der Waals surface area contributed by atoms with Crippen LogP contribution in [-0.2, 0) is 19.6 Å². The Morgan fingerprint density at radius 2 is 1.90 bits per heavy atom. The fraction of sp³-hybridized carbons (Fsp3) is 0.182. The molecule has 1 aromatic rings. The lowest BCUT2D eigenvalue weighted by molar-refractivity contribution is -0.134. The van der Waals surface area contributed by atoms with Gasteiger partial charge in [-0.15, -0.1) is 0 Å². The summed E-state index contributed by atoms with van der Waals surface area (Å²) in [5, 5.41) is 9.09. The number of hydrogen-bond donors (Lipinski definition) is 1. The molecule has 0 saturated heterocycles. The second-order valence-corrected chi connectivity index (χ2v) is 5.03. The van der Waals surface area contributed by atoms with Gasteiger partial charge < -0.3 is 14.4 Å². The Morgan fingerprint density at radius 1 is 1.40 bits per heavy atom. The first-order chi connectivity index (χ1) is 9.16. The van der Waals surface area contributed by atoms with E-state index in [-0.39, 0.29) is 5.56 Å². The van der Waals surface area contributed by atoms with Crippen LogP contribution in [0.5, 0.6) is 0 Å². The van der Waals surface area contributed by atoms with Gasteiger partial charge in [0.2, 0.25) is 0 Å². The number of halogens is 2. The average Bonchev–Trinajstić information content (AvgIpc) is 2.33. The molecule has 0 aromatic heterocycles. The molecule has 0 spiro atoms. The van der Waals surface area contributed by atoms with Crippen LogP contribution in [0.1, 0.15) is 16.6 Å². The zero-order chi connectivity index (χ0) is 15.5. The van der Waals surface area contributed by atoms with Gasteiger partial charge in [0, 0.05) is 6.08 Å². The number of aliphatic hydroxyl groups excluding tert-OH is 1. The second kappa shape index (κ2) is 6.07. The summed E-state index contributed by atoms with van der Waals surface area (Å²) in [6.07, 6.45) is 1.90. The second-order valence-electron chi connectivity index (χ2n) is 3.60. The van der Waals surface area contributed by atoms with Crippen LogP contribution >= 0.6 is 0 Å². The van der Waals surface area contributed by atoms with Crippen molar-refractivity contribution in [3.8, 4) is 0 Å². The van der Waals surface area contributed by atoms with Crippen LogP contribution in [0.3, 0.4) is 0 Å². The zero-order valence-electron chi connectivity index (χ0n) is 10.0. The lowest BCUT2D eigenvalue weighted by atomic mass is 10.1. The molecule has 6 nitrogen and oxygen atoms in total. The maximum atomic E-state index is 13.5. The number of aliphatic hydroxyl groups is 1. The summed E-state index contributed by atoms with van der Waals surface area (Å²) in [5.41, 5.74) is -4.24. The number of methoxy groups -OCH3 is 1. The summed E-state index contributed by atoms with van der Waals surface area (Å²) >= 11 is 0. The van der Waals surface area contributed by atoms with Gasteiger partial charge in [0.25, 0.3) is 0 Å². The first-order valence-corrected chi connectivity index (χ1v) is 6.51. The van der Waals surface area contributed by atoms with Crippen molar-refractivity contribution < 1.29 is 36.4 Å². The van der Waals surface area contributed by atoms with Gasteiger partial charge in [-0.2, -0.15) is 0 Å². The average molecular weight is 307 g/mol. The SMILES string of the molecule is COC(=O)/C=C/c1cc(F)c(C(O)S(=O)(=O)[O-])c(F)c1. The highest BCUT2D eigenvalue weighted by Gasteiger charge is 2.23. The van der Waals surface area contributed by atoms with Crippen LogP contribution in [0.25, 0.3) is 6.08 Å². The molecule has 0 aliphatic heterocycles. The minimum Gasteiger partial charge on any atom is -0.746 e. The molecule has 0 saturated carbocycles. The van der Waals surface area contributed by atoms with Gasteiger partial charge in [-0.05, 0) is 23.8 Å². The van der Waals surface area contributed by atoms with Crippen molar-refractivity contribution in [1.29, 1.82) is 0 Å². The van der Waals surface area contributed by atoms with E-state index < -0.39 is 38.7 Å². The highest BCUT2D eigenvalue weighted by molar-refractivity contribution is 7.85. The van der Waals surface area contributed by atoms with Crippen molar-refractivity contribution in [2.24, 2.45) is 0 Å². The number of rotatable bonds is 4. The standard InChI is InChI=1S/C11H10F2O6S/c1-19-9(14)3-2-6-4-7(12)10(8(13)5-6)11(15)20(16,17)18/h2-5,11,15H,1H3,(H,16,17,18)/p-1/b3-2+. The Bertz CT molecular complexity index is 630. The smallest absolute Gasteiger partial charge is 0.330 e. The quantitative estimate of drug-likeness (QED) is 0.498. The predicted octanol–water partition coefficient (Wildman–Crippen LogP) is 0.687. The number of hydrogen-bond acceptors (Lipinski definition) is 6. The topological polar surface area (TPSA) is 104 Å². The molecule has 0 radical (unpaired) electrons. The maximum Gasteiger partial charge on any atom is 0.330 e. The molecule has 1 unspecified atom stereocenters. The molecule has 0 aliphatic carbocycles. The fourth-order valence-corrected chi connectivity index (χ4v) is 1.83. The molecule has 1 N–H and O–H groups in total. The summed E-state index contributed by atoms with van der Waals surface area (Å²) in [6, 6.07) is 1.32. The molecule has 110 valence electrons. The van der Waals surface area contributed by atoms with Gasteiger partial charge in [0.05, 0.1) is 12.7 Å². The molecule has 1 aromatic carbocycles. The van der Waals surface area contributed by atoms with Gasteiger partial charge >= 0.3 is 5.97 Å². The van der Waals surface area contributed by atoms with Crippen molar-refractivity contribution in [2.45, 2.75) is 5.44 Å². The Morgan fingerprint density at radius 3 is 2.30 bits per heavy atom. The summed E-state index contributed by atoms with van der Waals surface area (Å²) in [7, 11) is -4.21. The lowest BCUT2D eigenvalue weighted by Gasteiger charge is -2.16. The van der Waals surface area contributed by atoms with Crippen molar-refractivity contribution in [1.82, 2.24) is 0 Å². The van der Waals surface area contributed by atoms with Crippen molar-refractivity contribution in [3.63, 3.8) is 0 Å². The molecule has 1 atom stereocenters. The van der Waals surface area contributed by atoms with Gasteiger partial charge in [-0.3, -0.25) is 0 Å². The van der Waals surface area contributed by atoms with Crippen molar-refractivity contribution in [2.75, 3.05) is 7.11 Å². The number of benzene rings is 1. The van der Waals surface area contributed by atoms with Crippen molar-refractivity contribution in [3.05, 3.63) is 41.0 Å². The molecule has 0 aliphatic rings. The van der Waals surface area contributed by atoms with E-state index >= 15 is 0 Å². The Hall–Kier alpha value is -1.84. The van der Waals surface area contributed by atoms with E-state index in [2.05, 4.69) is 4.74 Å². The van der Waals surface area contributed by atoms with E-state index in [1.807, 2.05) is 0 Å². The van der Waals surface area contributed by atoms with Crippen LogP contribution in [0, 0.1) is 11.6 Å². The molecular formula is C11H9F2O6S-. The van der Waals surface area contributed by atoms with E-state index in [0.717, 1.165) is 19.3 Å². The molecule has 9 heteroatoms. The van der Waals surface area contributed by atoms with E-state index in [0.29, 0.717) is 12.1 Å². The molecule has 1 rings (SSSR count). The summed E-state index contributed by atoms with van der Waals surface area (Å²) in [4.78, 5) is 10.8. The minimum absolute atomic E-state index is 0.121. The molecule has 0 fully saturated rings. The summed E-state index contributed by atoms with van der Waals surface area (Å²) in [6.45, 7) is 0. The first kappa shape index (κ1) is 16.2. The molecular weight excluding hydrogens is 298 g/mol. The third-order valence-electron chi connectivity index (χ3n) is 2.23. The van der Waals surface area contributed by atoms with Crippen LogP contribution in [-0.4, -0.2) is 31.2 Å². The Labute approximate surface area is 113 Å². The molecule has 0 bridgehead atoms. The normalized spacial score (nSPS) is 13.4. The Balaban J connectivity index is 3.23. The van der Waals surface area contributed by atoms with Crippen molar-refractivity contribution >= 4 is 22.2 Å². The van der Waals surface area contributed by atoms with Gasteiger partial charge in [0.15, 0.2) is 5.44 Å². The number of ether oxygens (including phenoxy) is 1. The lowest BCUT2D eigenvalue weighted by Crippen LogP contribution is -2.15. The molecule has 20 heavy (non-hydrogen) atoms. The third-order valence-corrected chi connectivity index (χ3v) is 3.02. The molecule has 0 amide bonds. The monoisotopic (exact) mass is 307 g/mol. The van der Waals surface area contributed by atoms with E-state index in [9.17, 15) is 26.5 Å². The van der Waals surface area contributed by atoms with E-state index in [4.69, 9.17) is 5.11 Å². The third kappa shape index (κ3) is 3.83. The number of carbonyl (C=O) groups excluding carboxylic acids is 1. The number of carbonyl (C=O) groups is 1. The summed E-state index contributed by atoms with van der Waals surface area (Å²) < 4.78 is 63.0. The predicted molar refractivity (Wildman–Crippen MR) is 62.1 cm³/mol. The van der Waals surface area contributed by atoms with E-state index in [1.54, 1.807) is 0 Å². The van der Waals surface area contributed by atoms with Crippen LogP contribution in [0.2, 0.25) is 0 Å². The van der Waals surface area contributed by atoms with Gasteiger partial charge in [-0.25, -0.2) is 22.0 Å². The fourth-order valence-electron chi connectivity index (χ4n) is 1.31. The van der Waals surface area contributed by atoms with Crippen LogP contribution < -0.4 is 0 Å². The van der Waals surface area contributed by atoms with Crippen LogP contribution in [0.15, 0.2) is 18.2 Å². The zero-order valence-corrected chi connectivity index (χ0v) is 10.9. The van der Waals surface area contributed by atoms with Gasteiger partial charge in [-0.1, -0.05) is 0 Å².